The SMILES string of the molecule is COCC(C)OCc1ccccc1CCNC(C)C. The van der Waals surface area contributed by atoms with Gasteiger partial charge in [0.2, 0.25) is 0 Å². The highest BCUT2D eigenvalue weighted by Crippen LogP contribution is 2.12. The first kappa shape index (κ1) is 16.2. The molecule has 19 heavy (non-hydrogen) atoms. The van der Waals surface area contributed by atoms with Crippen molar-refractivity contribution in [2.24, 2.45) is 0 Å². The van der Waals surface area contributed by atoms with Crippen molar-refractivity contribution in [2.45, 2.75) is 45.9 Å². The molecule has 0 saturated carbocycles. The average molecular weight is 265 g/mol. The maximum atomic E-state index is 5.79. The normalized spacial score (nSPS) is 12.9. The van der Waals surface area contributed by atoms with Gasteiger partial charge in [-0.15, -0.1) is 0 Å². The lowest BCUT2D eigenvalue weighted by Crippen LogP contribution is -2.25. The van der Waals surface area contributed by atoms with E-state index in [0.717, 1.165) is 13.0 Å². The van der Waals surface area contributed by atoms with Gasteiger partial charge in [0.15, 0.2) is 0 Å². The minimum absolute atomic E-state index is 0.131. The summed E-state index contributed by atoms with van der Waals surface area (Å²) in [6.45, 7) is 8.66. The summed E-state index contributed by atoms with van der Waals surface area (Å²) in [6.07, 6.45) is 1.17. The van der Waals surface area contributed by atoms with Gasteiger partial charge in [0.1, 0.15) is 0 Å². The molecule has 0 aliphatic carbocycles. The summed E-state index contributed by atoms with van der Waals surface area (Å²) in [4.78, 5) is 0. The molecular formula is C16H27NO2. The lowest BCUT2D eigenvalue weighted by atomic mass is 10.1. The first-order valence-electron chi connectivity index (χ1n) is 7.04. The van der Waals surface area contributed by atoms with Crippen molar-refractivity contribution in [1.29, 1.82) is 0 Å². The second kappa shape index (κ2) is 9.08. The molecular weight excluding hydrogens is 238 g/mol. The molecule has 0 radical (unpaired) electrons. The number of hydrogen-bond donors (Lipinski definition) is 1. The van der Waals surface area contributed by atoms with E-state index in [2.05, 4.69) is 43.4 Å². The van der Waals surface area contributed by atoms with Gasteiger partial charge in [0.05, 0.1) is 19.3 Å². The summed E-state index contributed by atoms with van der Waals surface area (Å²) in [5.74, 6) is 0. The number of methoxy groups -OCH3 is 1. The molecule has 0 fully saturated rings. The zero-order chi connectivity index (χ0) is 14.1. The van der Waals surface area contributed by atoms with Crippen molar-refractivity contribution in [3.8, 4) is 0 Å². The Morgan fingerprint density at radius 1 is 1.11 bits per heavy atom. The van der Waals surface area contributed by atoms with E-state index in [1.165, 1.54) is 11.1 Å². The van der Waals surface area contributed by atoms with E-state index in [9.17, 15) is 0 Å². The second-order valence-corrected chi connectivity index (χ2v) is 5.20. The number of ether oxygens (including phenoxy) is 2. The molecule has 0 aliphatic rings. The number of hydrogen-bond acceptors (Lipinski definition) is 3. The van der Waals surface area contributed by atoms with Gasteiger partial charge in [0.25, 0.3) is 0 Å². The van der Waals surface area contributed by atoms with Crippen LogP contribution in [-0.4, -0.2) is 32.4 Å². The number of rotatable bonds is 9. The Labute approximate surface area is 117 Å². The summed E-state index contributed by atoms with van der Waals surface area (Å²) in [6, 6.07) is 9.02. The predicted molar refractivity (Wildman–Crippen MR) is 79.4 cm³/mol. The highest BCUT2D eigenvalue weighted by Gasteiger charge is 2.06. The van der Waals surface area contributed by atoms with Gasteiger partial charge >= 0.3 is 0 Å². The summed E-state index contributed by atoms with van der Waals surface area (Å²) in [5, 5.41) is 3.45. The highest BCUT2D eigenvalue weighted by atomic mass is 16.5. The topological polar surface area (TPSA) is 30.5 Å². The zero-order valence-electron chi connectivity index (χ0n) is 12.6. The second-order valence-electron chi connectivity index (χ2n) is 5.20. The Morgan fingerprint density at radius 3 is 2.42 bits per heavy atom. The van der Waals surface area contributed by atoms with E-state index in [-0.39, 0.29) is 6.10 Å². The van der Waals surface area contributed by atoms with Crippen molar-refractivity contribution in [3.63, 3.8) is 0 Å². The lowest BCUT2D eigenvalue weighted by Gasteiger charge is -2.15. The average Bonchev–Trinajstić information content (AvgIpc) is 2.37. The Hall–Kier alpha value is -0.900. The van der Waals surface area contributed by atoms with Gasteiger partial charge in [0, 0.05) is 13.2 Å². The number of benzene rings is 1. The van der Waals surface area contributed by atoms with Crippen molar-refractivity contribution < 1.29 is 9.47 Å². The van der Waals surface area contributed by atoms with E-state index < -0.39 is 0 Å². The molecule has 1 aromatic carbocycles. The molecule has 108 valence electrons. The lowest BCUT2D eigenvalue weighted by molar-refractivity contribution is -0.000366. The van der Waals surface area contributed by atoms with Gasteiger partial charge in [-0.25, -0.2) is 0 Å². The van der Waals surface area contributed by atoms with Crippen LogP contribution in [0.1, 0.15) is 31.9 Å². The van der Waals surface area contributed by atoms with Crippen LogP contribution in [0, 0.1) is 0 Å². The van der Waals surface area contributed by atoms with Gasteiger partial charge in [-0.1, -0.05) is 38.1 Å². The van der Waals surface area contributed by atoms with Gasteiger partial charge < -0.3 is 14.8 Å². The predicted octanol–water partition coefficient (Wildman–Crippen LogP) is 2.78. The van der Waals surface area contributed by atoms with Gasteiger partial charge in [-0.05, 0) is 31.0 Å². The molecule has 0 aromatic heterocycles. The van der Waals surface area contributed by atoms with Crippen molar-refractivity contribution in [3.05, 3.63) is 35.4 Å². The Bertz CT molecular complexity index is 352. The fourth-order valence-electron chi connectivity index (χ4n) is 1.95. The molecule has 1 aromatic rings. The Kier molecular flexibility index (Phi) is 7.72. The Morgan fingerprint density at radius 2 is 1.79 bits per heavy atom. The van der Waals surface area contributed by atoms with Crippen LogP contribution in [0.5, 0.6) is 0 Å². The van der Waals surface area contributed by atoms with E-state index in [4.69, 9.17) is 9.47 Å². The van der Waals surface area contributed by atoms with Gasteiger partial charge in [-0.2, -0.15) is 0 Å². The quantitative estimate of drug-likeness (QED) is 0.745. The van der Waals surface area contributed by atoms with Crippen molar-refractivity contribution in [2.75, 3.05) is 20.3 Å². The smallest absolute Gasteiger partial charge is 0.0784 e. The van der Waals surface area contributed by atoms with E-state index in [1.807, 2.05) is 6.92 Å². The summed E-state index contributed by atoms with van der Waals surface area (Å²) in [7, 11) is 1.70. The molecule has 0 aliphatic heterocycles. The molecule has 0 bridgehead atoms. The molecule has 0 spiro atoms. The third-order valence-corrected chi connectivity index (χ3v) is 2.99. The first-order valence-corrected chi connectivity index (χ1v) is 7.04. The minimum Gasteiger partial charge on any atom is -0.382 e. The standard InChI is InChI=1S/C16H27NO2/c1-13(2)17-10-9-15-7-5-6-8-16(15)12-19-14(3)11-18-4/h5-8,13-14,17H,9-12H2,1-4H3. The molecule has 1 atom stereocenters. The van der Waals surface area contributed by atoms with Crippen LogP contribution in [-0.2, 0) is 22.5 Å². The van der Waals surface area contributed by atoms with Crippen LogP contribution >= 0.6 is 0 Å². The molecule has 0 heterocycles. The number of nitrogens with one attached hydrogen (secondary N) is 1. The highest BCUT2D eigenvalue weighted by molar-refractivity contribution is 5.26. The molecule has 0 saturated heterocycles. The van der Waals surface area contributed by atoms with Crippen LogP contribution < -0.4 is 5.32 Å². The van der Waals surface area contributed by atoms with E-state index >= 15 is 0 Å². The fraction of sp³-hybridized carbons (Fsp3) is 0.625. The fourth-order valence-corrected chi connectivity index (χ4v) is 1.95. The molecule has 3 nitrogen and oxygen atoms in total. The van der Waals surface area contributed by atoms with Gasteiger partial charge in [-0.3, -0.25) is 0 Å². The van der Waals surface area contributed by atoms with Crippen LogP contribution in [0.25, 0.3) is 0 Å². The van der Waals surface area contributed by atoms with Crippen LogP contribution in [0.4, 0.5) is 0 Å². The third kappa shape index (κ3) is 6.71. The minimum atomic E-state index is 0.131. The van der Waals surface area contributed by atoms with Crippen molar-refractivity contribution in [1.82, 2.24) is 5.32 Å². The molecule has 1 unspecified atom stereocenters. The maximum absolute atomic E-state index is 5.79. The Balaban J connectivity index is 2.48. The third-order valence-electron chi connectivity index (χ3n) is 2.99. The first-order chi connectivity index (χ1) is 9.13. The molecule has 3 heteroatoms. The van der Waals surface area contributed by atoms with Crippen molar-refractivity contribution >= 4 is 0 Å². The van der Waals surface area contributed by atoms with E-state index in [0.29, 0.717) is 19.3 Å². The maximum Gasteiger partial charge on any atom is 0.0784 e. The van der Waals surface area contributed by atoms with E-state index in [1.54, 1.807) is 7.11 Å². The van der Waals surface area contributed by atoms with Crippen LogP contribution in [0.2, 0.25) is 0 Å². The molecule has 1 N–H and O–H groups in total. The van der Waals surface area contributed by atoms with Crippen LogP contribution in [0.15, 0.2) is 24.3 Å². The monoisotopic (exact) mass is 265 g/mol. The molecule has 0 amide bonds. The summed E-state index contributed by atoms with van der Waals surface area (Å²) < 4.78 is 10.9. The van der Waals surface area contributed by atoms with Crippen LogP contribution in [0.3, 0.4) is 0 Å². The molecule has 1 rings (SSSR count). The summed E-state index contributed by atoms with van der Waals surface area (Å²) >= 11 is 0. The largest absolute Gasteiger partial charge is 0.382 e. The summed E-state index contributed by atoms with van der Waals surface area (Å²) in [5.41, 5.74) is 2.64. The zero-order valence-corrected chi connectivity index (χ0v) is 12.6.